The molecule has 29 heavy (non-hydrogen) atoms. The van der Waals surface area contributed by atoms with Gasteiger partial charge < -0.3 is 15.4 Å². The topological polar surface area (TPSA) is 93.2 Å². The van der Waals surface area contributed by atoms with Crippen molar-refractivity contribution in [3.05, 3.63) is 71.9 Å². The van der Waals surface area contributed by atoms with Crippen molar-refractivity contribution in [1.82, 2.24) is 15.3 Å². The number of rotatable bonds is 6. The fourth-order valence-corrected chi connectivity index (χ4v) is 2.85. The molecule has 1 heterocycles. The number of carbonyl (C=O) groups is 2. The number of benzene rings is 2. The van der Waals surface area contributed by atoms with Gasteiger partial charge in [0.1, 0.15) is 11.5 Å². The first kappa shape index (κ1) is 18.6. The first-order valence-electron chi connectivity index (χ1n) is 9.34. The Hall–Kier alpha value is -3.74. The van der Waals surface area contributed by atoms with Gasteiger partial charge in [0.15, 0.2) is 5.82 Å². The molecule has 1 aromatic heterocycles. The number of amides is 1. The third-order valence-corrected chi connectivity index (χ3v) is 4.50. The minimum absolute atomic E-state index is 0.217. The van der Waals surface area contributed by atoms with Crippen molar-refractivity contribution in [1.29, 1.82) is 0 Å². The number of hydrogen-bond acceptors (Lipinski definition) is 6. The van der Waals surface area contributed by atoms with Gasteiger partial charge in [-0.3, -0.25) is 4.79 Å². The van der Waals surface area contributed by atoms with Gasteiger partial charge in [0.05, 0.1) is 18.4 Å². The third kappa shape index (κ3) is 4.40. The summed E-state index contributed by atoms with van der Waals surface area (Å²) < 4.78 is 4.84. The van der Waals surface area contributed by atoms with E-state index in [2.05, 4.69) is 20.6 Å². The Kier molecular flexibility index (Phi) is 5.20. The monoisotopic (exact) mass is 388 g/mol. The predicted octanol–water partition coefficient (Wildman–Crippen LogP) is 3.57. The fraction of sp³-hybridized carbons (Fsp3) is 0.182. The highest BCUT2D eigenvalue weighted by Crippen LogP contribution is 2.24. The van der Waals surface area contributed by atoms with E-state index in [1.165, 1.54) is 7.11 Å². The first-order valence-corrected chi connectivity index (χ1v) is 9.34. The largest absolute Gasteiger partial charge is 0.465 e. The Morgan fingerprint density at radius 1 is 1.00 bits per heavy atom. The van der Waals surface area contributed by atoms with Crippen LogP contribution in [0, 0.1) is 0 Å². The molecule has 7 nitrogen and oxygen atoms in total. The maximum Gasteiger partial charge on any atom is 0.339 e. The zero-order valence-electron chi connectivity index (χ0n) is 15.9. The van der Waals surface area contributed by atoms with E-state index in [4.69, 9.17) is 4.74 Å². The lowest BCUT2D eigenvalue weighted by Gasteiger charge is -2.12. The van der Waals surface area contributed by atoms with E-state index >= 15 is 0 Å². The number of carbonyl (C=O) groups excluding carboxylic acids is 2. The van der Waals surface area contributed by atoms with E-state index in [1.807, 2.05) is 30.3 Å². The van der Waals surface area contributed by atoms with Crippen molar-refractivity contribution in [2.75, 3.05) is 12.4 Å². The molecule has 0 spiro atoms. The van der Waals surface area contributed by atoms with E-state index in [0.717, 1.165) is 18.4 Å². The molecule has 4 rings (SSSR count). The Morgan fingerprint density at radius 3 is 2.45 bits per heavy atom. The molecule has 0 saturated heterocycles. The van der Waals surface area contributed by atoms with E-state index in [9.17, 15) is 9.59 Å². The highest BCUT2D eigenvalue weighted by atomic mass is 16.5. The molecule has 1 amide bonds. The minimum atomic E-state index is -0.461. The number of nitrogens with zero attached hydrogens (tertiary/aromatic N) is 2. The van der Waals surface area contributed by atoms with Gasteiger partial charge in [-0.2, -0.15) is 0 Å². The summed E-state index contributed by atoms with van der Waals surface area (Å²) in [4.78, 5) is 33.7. The molecule has 0 aliphatic heterocycles. The van der Waals surface area contributed by atoms with Gasteiger partial charge in [-0.1, -0.05) is 42.5 Å². The Bertz CT molecular complexity index is 1050. The van der Waals surface area contributed by atoms with Crippen LogP contribution in [-0.2, 0) is 4.74 Å². The number of methoxy groups -OCH3 is 1. The van der Waals surface area contributed by atoms with Crippen molar-refractivity contribution in [3.8, 4) is 11.4 Å². The molecule has 1 fully saturated rings. The van der Waals surface area contributed by atoms with Gasteiger partial charge in [0.2, 0.25) is 0 Å². The molecule has 0 unspecified atom stereocenters. The van der Waals surface area contributed by atoms with Crippen LogP contribution in [0.2, 0.25) is 0 Å². The molecule has 1 saturated carbocycles. The molecule has 3 aromatic rings. The van der Waals surface area contributed by atoms with Gasteiger partial charge >= 0.3 is 5.97 Å². The van der Waals surface area contributed by atoms with Crippen molar-refractivity contribution in [2.24, 2.45) is 0 Å². The molecule has 2 N–H and O–H groups in total. The number of ether oxygens (including phenoxy) is 1. The highest BCUT2D eigenvalue weighted by Gasteiger charge is 2.25. The second-order valence-electron chi connectivity index (χ2n) is 6.74. The van der Waals surface area contributed by atoms with Crippen LogP contribution in [0.3, 0.4) is 0 Å². The quantitative estimate of drug-likeness (QED) is 0.627. The van der Waals surface area contributed by atoms with Crippen LogP contribution in [0.25, 0.3) is 11.4 Å². The predicted molar refractivity (Wildman–Crippen MR) is 109 cm³/mol. The van der Waals surface area contributed by atoms with E-state index in [-0.39, 0.29) is 17.6 Å². The summed E-state index contributed by atoms with van der Waals surface area (Å²) in [5.74, 6) is 0.136. The standard InChI is InChI=1S/C22H20N4O3/c1-29-22(28)16-9-5-6-10-17(16)24-19-13-18(21(27)23-15-11-12-15)25-20(26-19)14-7-3-2-4-8-14/h2-10,13,15H,11-12H2,1H3,(H,23,27)(H,24,25,26). The lowest BCUT2D eigenvalue weighted by Crippen LogP contribution is -2.26. The summed E-state index contributed by atoms with van der Waals surface area (Å²) in [5.41, 5.74) is 1.96. The molecular weight excluding hydrogens is 368 g/mol. The average molecular weight is 388 g/mol. The minimum Gasteiger partial charge on any atom is -0.465 e. The third-order valence-electron chi connectivity index (χ3n) is 4.50. The number of para-hydroxylation sites is 1. The molecule has 1 aliphatic carbocycles. The zero-order chi connectivity index (χ0) is 20.2. The van der Waals surface area contributed by atoms with Crippen LogP contribution in [0.1, 0.15) is 33.7 Å². The number of nitrogens with one attached hydrogen (secondary N) is 2. The number of esters is 1. The smallest absolute Gasteiger partial charge is 0.339 e. The van der Waals surface area contributed by atoms with Gasteiger partial charge in [-0.05, 0) is 25.0 Å². The summed E-state index contributed by atoms with van der Waals surface area (Å²) in [5, 5.41) is 6.08. The number of aromatic nitrogens is 2. The van der Waals surface area contributed by atoms with Gasteiger partial charge in [0.25, 0.3) is 5.91 Å². The second-order valence-corrected chi connectivity index (χ2v) is 6.74. The molecule has 0 bridgehead atoms. The summed E-state index contributed by atoms with van der Waals surface area (Å²) in [6.45, 7) is 0. The second kappa shape index (κ2) is 8.10. The van der Waals surface area contributed by atoms with Crippen LogP contribution < -0.4 is 10.6 Å². The van der Waals surface area contributed by atoms with Crippen LogP contribution >= 0.6 is 0 Å². The van der Waals surface area contributed by atoms with Crippen molar-refractivity contribution < 1.29 is 14.3 Å². The molecule has 7 heteroatoms. The van der Waals surface area contributed by atoms with Crippen molar-refractivity contribution in [2.45, 2.75) is 18.9 Å². The van der Waals surface area contributed by atoms with Crippen molar-refractivity contribution in [3.63, 3.8) is 0 Å². The Labute approximate surface area is 168 Å². The van der Waals surface area contributed by atoms with Gasteiger partial charge in [-0.15, -0.1) is 0 Å². The van der Waals surface area contributed by atoms with Crippen LogP contribution in [0.4, 0.5) is 11.5 Å². The average Bonchev–Trinajstić information content (AvgIpc) is 3.58. The molecular formula is C22H20N4O3. The lowest BCUT2D eigenvalue weighted by molar-refractivity contribution is 0.0601. The zero-order valence-corrected chi connectivity index (χ0v) is 15.9. The number of hydrogen-bond donors (Lipinski definition) is 2. The Balaban J connectivity index is 1.72. The van der Waals surface area contributed by atoms with Crippen LogP contribution in [0.15, 0.2) is 60.7 Å². The lowest BCUT2D eigenvalue weighted by atomic mass is 10.1. The molecule has 2 aromatic carbocycles. The highest BCUT2D eigenvalue weighted by molar-refractivity contribution is 5.97. The molecule has 146 valence electrons. The first-order chi connectivity index (χ1) is 14.1. The summed E-state index contributed by atoms with van der Waals surface area (Å²) >= 11 is 0. The fourth-order valence-electron chi connectivity index (χ4n) is 2.85. The maximum atomic E-state index is 12.6. The summed E-state index contributed by atoms with van der Waals surface area (Å²) in [6, 6.07) is 18.2. The molecule has 0 atom stereocenters. The van der Waals surface area contributed by atoms with Crippen LogP contribution in [0.5, 0.6) is 0 Å². The van der Waals surface area contributed by atoms with Crippen molar-refractivity contribution >= 4 is 23.4 Å². The normalized spacial score (nSPS) is 12.9. The number of anilines is 2. The Morgan fingerprint density at radius 2 is 1.72 bits per heavy atom. The maximum absolute atomic E-state index is 12.6. The summed E-state index contributed by atoms with van der Waals surface area (Å²) in [7, 11) is 1.33. The summed E-state index contributed by atoms with van der Waals surface area (Å²) in [6.07, 6.45) is 1.97. The van der Waals surface area contributed by atoms with E-state index in [1.54, 1.807) is 30.3 Å². The van der Waals surface area contributed by atoms with Gasteiger partial charge in [-0.25, -0.2) is 14.8 Å². The SMILES string of the molecule is COC(=O)c1ccccc1Nc1cc(C(=O)NC2CC2)nc(-c2ccccc2)n1. The van der Waals surface area contributed by atoms with E-state index < -0.39 is 5.97 Å². The molecule has 1 aliphatic rings. The van der Waals surface area contributed by atoms with Gasteiger partial charge in [0, 0.05) is 17.7 Å². The van der Waals surface area contributed by atoms with Crippen LogP contribution in [-0.4, -0.2) is 35.0 Å². The molecule has 0 radical (unpaired) electrons. The van der Waals surface area contributed by atoms with E-state index in [0.29, 0.717) is 22.9 Å².